The van der Waals surface area contributed by atoms with Gasteiger partial charge in [-0.1, -0.05) is 0 Å². The van der Waals surface area contributed by atoms with Gasteiger partial charge in [0.2, 0.25) is 0 Å². The third-order valence-corrected chi connectivity index (χ3v) is 0.735. The Morgan fingerprint density at radius 2 is 2.62 bits per heavy atom. The molecule has 1 aromatic rings. The monoisotopic (exact) mass is 109 g/mol. The van der Waals surface area contributed by atoms with Gasteiger partial charge in [0, 0.05) is 0 Å². The highest BCUT2D eigenvalue weighted by Gasteiger charge is 1.82. The predicted octanol–water partition coefficient (Wildman–Crippen LogP) is -0.121. The summed E-state index contributed by atoms with van der Waals surface area (Å²) in [6.07, 6.45) is 1.54. The standard InChI is InChI=1S/C5H5N2O/c1-4-2-5(8)7-6-3-4/h3H,1H3,(H,7,8). The first-order chi connectivity index (χ1) is 3.79. The smallest absolute Gasteiger partial charge is 0.267 e. The van der Waals surface area contributed by atoms with Crippen molar-refractivity contribution in [1.29, 1.82) is 0 Å². The van der Waals surface area contributed by atoms with Crippen LogP contribution >= 0.6 is 0 Å². The number of nitrogens with one attached hydrogen (secondary N) is 1. The number of hydrogen-bond donors (Lipinski definition) is 1. The molecule has 1 N–H and O–H groups in total. The van der Waals surface area contributed by atoms with Crippen molar-refractivity contribution in [3.05, 3.63) is 28.2 Å². The summed E-state index contributed by atoms with van der Waals surface area (Å²) >= 11 is 0. The average molecular weight is 109 g/mol. The van der Waals surface area contributed by atoms with E-state index >= 15 is 0 Å². The van der Waals surface area contributed by atoms with Gasteiger partial charge >= 0.3 is 0 Å². The molecule has 0 aliphatic carbocycles. The minimum atomic E-state index is -0.273. The summed E-state index contributed by atoms with van der Waals surface area (Å²) in [6.45, 7) is 1.77. The number of rotatable bonds is 0. The highest BCUT2D eigenvalue weighted by Crippen LogP contribution is 1.79. The molecule has 0 fully saturated rings. The van der Waals surface area contributed by atoms with Gasteiger partial charge < -0.3 is 0 Å². The van der Waals surface area contributed by atoms with Gasteiger partial charge in [-0.05, 0) is 12.5 Å². The van der Waals surface area contributed by atoms with Crippen molar-refractivity contribution in [2.24, 2.45) is 0 Å². The summed E-state index contributed by atoms with van der Waals surface area (Å²) < 4.78 is 0. The number of aromatic nitrogens is 2. The second-order valence-electron chi connectivity index (χ2n) is 1.51. The van der Waals surface area contributed by atoms with Crippen LogP contribution in [0.25, 0.3) is 0 Å². The zero-order chi connectivity index (χ0) is 5.98. The number of nitrogens with zero attached hydrogens (tertiary/aromatic N) is 1. The van der Waals surface area contributed by atoms with E-state index in [-0.39, 0.29) is 5.56 Å². The summed E-state index contributed by atoms with van der Waals surface area (Å²) in [7, 11) is 0. The predicted molar refractivity (Wildman–Crippen MR) is 28.4 cm³/mol. The minimum absolute atomic E-state index is 0.273. The van der Waals surface area contributed by atoms with E-state index in [0.717, 1.165) is 5.56 Å². The molecule has 0 saturated heterocycles. The number of aromatic amines is 1. The second-order valence-corrected chi connectivity index (χ2v) is 1.51. The molecule has 1 heterocycles. The molecule has 0 saturated carbocycles. The lowest BCUT2D eigenvalue weighted by atomic mass is 10.4. The molecule has 0 aliphatic rings. The Morgan fingerprint density at radius 1 is 1.88 bits per heavy atom. The van der Waals surface area contributed by atoms with Crippen LogP contribution in [-0.4, -0.2) is 10.2 Å². The third kappa shape index (κ3) is 0.932. The maximum atomic E-state index is 10.3. The van der Waals surface area contributed by atoms with E-state index in [1.54, 1.807) is 13.1 Å². The molecule has 3 heteroatoms. The first-order valence-corrected chi connectivity index (χ1v) is 2.22. The molecule has 1 rings (SSSR count). The summed E-state index contributed by atoms with van der Waals surface area (Å²) in [4.78, 5) is 10.3. The third-order valence-electron chi connectivity index (χ3n) is 0.735. The van der Waals surface area contributed by atoms with Crippen LogP contribution in [-0.2, 0) is 0 Å². The van der Waals surface area contributed by atoms with Crippen molar-refractivity contribution in [1.82, 2.24) is 10.2 Å². The van der Waals surface area contributed by atoms with Crippen molar-refractivity contribution < 1.29 is 0 Å². The first kappa shape index (κ1) is 5.03. The molecule has 0 amide bonds. The van der Waals surface area contributed by atoms with Crippen LogP contribution in [0.5, 0.6) is 0 Å². The van der Waals surface area contributed by atoms with Crippen molar-refractivity contribution in [2.75, 3.05) is 0 Å². The van der Waals surface area contributed by atoms with Crippen LogP contribution in [0.3, 0.4) is 0 Å². The molecule has 1 radical (unpaired) electrons. The maximum Gasteiger partial charge on any atom is 0.272 e. The quantitative estimate of drug-likeness (QED) is 0.504. The van der Waals surface area contributed by atoms with Gasteiger partial charge in [0.1, 0.15) is 0 Å². The second kappa shape index (κ2) is 1.78. The van der Waals surface area contributed by atoms with Crippen LogP contribution in [0.4, 0.5) is 0 Å². The molecule has 1 aromatic heterocycles. The minimum Gasteiger partial charge on any atom is -0.267 e. The zero-order valence-corrected chi connectivity index (χ0v) is 4.43. The van der Waals surface area contributed by atoms with E-state index in [9.17, 15) is 4.79 Å². The van der Waals surface area contributed by atoms with E-state index in [0.29, 0.717) is 0 Å². The molecule has 0 unspecified atom stereocenters. The fourth-order valence-electron chi connectivity index (χ4n) is 0.427. The fourth-order valence-corrected chi connectivity index (χ4v) is 0.427. The fraction of sp³-hybridized carbons (Fsp3) is 0.200. The number of H-pyrrole nitrogens is 1. The lowest BCUT2D eigenvalue weighted by Crippen LogP contribution is -2.05. The molecular weight excluding hydrogens is 104 g/mol. The number of aryl methyl sites for hydroxylation is 1. The highest BCUT2D eigenvalue weighted by atomic mass is 16.1. The van der Waals surface area contributed by atoms with Gasteiger partial charge in [0.25, 0.3) is 5.56 Å². The van der Waals surface area contributed by atoms with Crippen molar-refractivity contribution in [3.63, 3.8) is 0 Å². The van der Waals surface area contributed by atoms with Gasteiger partial charge in [-0.15, -0.1) is 0 Å². The van der Waals surface area contributed by atoms with E-state index in [1.807, 2.05) is 0 Å². The molecular formula is C5H5N2O. The largest absolute Gasteiger partial charge is 0.272 e. The van der Waals surface area contributed by atoms with Crippen LogP contribution < -0.4 is 5.56 Å². The van der Waals surface area contributed by atoms with Crippen LogP contribution in [0, 0.1) is 13.0 Å². The molecule has 0 atom stereocenters. The van der Waals surface area contributed by atoms with Gasteiger partial charge in [-0.3, -0.25) is 4.79 Å². The first-order valence-electron chi connectivity index (χ1n) is 2.22. The Balaban J connectivity index is 3.28. The van der Waals surface area contributed by atoms with Crippen molar-refractivity contribution in [3.8, 4) is 0 Å². The summed E-state index contributed by atoms with van der Waals surface area (Å²) in [5.74, 6) is 0. The Bertz CT molecular complexity index is 228. The van der Waals surface area contributed by atoms with Gasteiger partial charge in [0.05, 0.1) is 12.3 Å². The van der Waals surface area contributed by atoms with Crippen LogP contribution in [0.1, 0.15) is 5.56 Å². The SMILES string of the molecule is Cc1[c]c(=O)[nH]nc1. The Labute approximate surface area is 46.4 Å². The van der Waals surface area contributed by atoms with Gasteiger partial charge in [-0.2, -0.15) is 5.10 Å². The van der Waals surface area contributed by atoms with Crippen molar-refractivity contribution >= 4 is 0 Å². The topological polar surface area (TPSA) is 45.8 Å². The maximum absolute atomic E-state index is 10.3. The lowest BCUT2D eigenvalue weighted by molar-refractivity contribution is 0.970. The van der Waals surface area contributed by atoms with Crippen LogP contribution in [0.15, 0.2) is 11.0 Å². The molecule has 0 spiro atoms. The summed E-state index contributed by atoms with van der Waals surface area (Å²) in [5.41, 5.74) is 0.485. The highest BCUT2D eigenvalue weighted by molar-refractivity contribution is 4.98. The molecule has 0 bridgehead atoms. The Morgan fingerprint density at radius 3 is 3.00 bits per heavy atom. The average Bonchev–Trinajstić information content (AvgIpc) is 1.64. The molecule has 8 heavy (non-hydrogen) atoms. The molecule has 0 aromatic carbocycles. The molecule has 0 aliphatic heterocycles. The molecule has 41 valence electrons. The zero-order valence-electron chi connectivity index (χ0n) is 4.43. The van der Waals surface area contributed by atoms with Crippen LogP contribution in [0.2, 0.25) is 0 Å². The van der Waals surface area contributed by atoms with Gasteiger partial charge in [0.15, 0.2) is 0 Å². The van der Waals surface area contributed by atoms with E-state index < -0.39 is 0 Å². The van der Waals surface area contributed by atoms with Gasteiger partial charge in [-0.25, -0.2) is 5.10 Å². The lowest BCUT2D eigenvalue weighted by Gasteiger charge is -1.81. The van der Waals surface area contributed by atoms with E-state index in [4.69, 9.17) is 0 Å². The Kier molecular flexibility index (Phi) is 1.12. The summed E-state index contributed by atoms with van der Waals surface area (Å²) in [5, 5.41) is 5.73. The summed E-state index contributed by atoms with van der Waals surface area (Å²) in [6, 6.07) is 2.50. The van der Waals surface area contributed by atoms with Crippen molar-refractivity contribution in [2.45, 2.75) is 6.92 Å². The van der Waals surface area contributed by atoms with E-state index in [1.165, 1.54) is 0 Å². The van der Waals surface area contributed by atoms with E-state index in [2.05, 4.69) is 16.3 Å². The normalized spacial score (nSPS) is 9.12. The number of hydrogen-bond acceptors (Lipinski definition) is 2. The molecule has 3 nitrogen and oxygen atoms in total. The Hall–Kier alpha value is -1.12.